The molecule has 1 amide bonds. The van der Waals surface area contributed by atoms with E-state index in [2.05, 4.69) is 16.6 Å². The van der Waals surface area contributed by atoms with Crippen LogP contribution >= 0.6 is 23.1 Å². The fourth-order valence-electron chi connectivity index (χ4n) is 2.97. The van der Waals surface area contributed by atoms with Gasteiger partial charge in [0.1, 0.15) is 0 Å². The third kappa shape index (κ3) is 3.96. The van der Waals surface area contributed by atoms with E-state index in [4.69, 9.17) is 9.47 Å². The van der Waals surface area contributed by atoms with E-state index in [1.807, 2.05) is 48.5 Å². The zero-order chi connectivity index (χ0) is 21.1. The molecule has 0 aliphatic carbocycles. The third-order valence-corrected chi connectivity index (χ3v) is 6.32. The Morgan fingerprint density at radius 1 is 1.17 bits per heavy atom. The second-order valence-electron chi connectivity index (χ2n) is 6.29. The van der Waals surface area contributed by atoms with Gasteiger partial charge in [0.05, 0.1) is 29.3 Å². The van der Waals surface area contributed by atoms with Crippen molar-refractivity contribution in [3.05, 3.63) is 65.6 Å². The number of carbonyl (C=O) groups is 1. The number of hydrogen-bond acceptors (Lipinski definition) is 7. The topological polar surface area (TPSA) is 64.0 Å². The molecule has 0 N–H and O–H groups in total. The molecular formula is C22H19N3O3S2. The highest BCUT2D eigenvalue weighted by Crippen LogP contribution is 2.37. The fourth-order valence-corrected chi connectivity index (χ4v) is 4.85. The number of hydrogen-bond donors (Lipinski definition) is 0. The van der Waals surface area contributed by atoms with Crippen molar-refractivity contribution >= 4 is 55.6 Å². The van der Waals surface area contributed by atoms with Crippen LogP contribution in [0.5, 0.6) is 11.5 Å². The summed E-state index contributed by atoms with van der Waals surface area (Å²) in [5.74, 6) is 1.12. The summed E-state index contributed by atoms with van der Waals surface area (Å²) in [5, 5.41) is 1.21. The molecule has 2 aromatic carbocycles. The Hall–Kier alpha value is -3.10. The first kappa shape index (κ1) is 20.2. The van der Waals surface area contributed by atoms with Crippen molar-refractivity contribution < 1.29 is 14.3 Å². The highest BCUT2D eigenvalue weighted by molar-refractivity contribution is 8.18. The van der Waals surface area contributed by atoms with Crippen molar-refractivity contribution in [1.82, 2.24) is 9.88 Å². The number of amides is 1. The molecule has 1 fully saturated rings. The lowest BCUT2D eigenvalue weighted by atomic mass is 10.2. The van der Waals surface area contributed by atoms with Gasteiger partial charge in [-0.3, -0.25) is 9.69 Å². The molecule has 0 bridgehead atoms. The van der Waals surface area contributed by atoms with Gasteiger partial charge in [0.15, 0.2) is 16.7 Å². The molecule has 1 saturated heterocycles. The Morgan fingerprint density at radius 2 is 1.97 bits per heavy atom. The average Bonchev–Trinajstić information content (AvgIpc) is 3.29. The number of aromatic nitrogens is 1. The van der Waals surface area contributed by atoms with Gasteiger partial charge in [-0.1, -0.05) is 35.6 Å². The van der Waals surface area contributed by atoms with Crippen molar-refractivity contribution in [2.75, 3.05) is 20.8 Å². The number of fused-ring (bicyclic) bond motifs is 1. The molecule has 1 aliphatic heterocycles. The smallest absolute Gasteiger partial charge is 0.267 e. The van der Waals surface area contributed by atoms with E-state index in [-0.39, 0.29) is 5.91 Å². The van der Waals surface area contributed by atoms with Gasteiger partial charge in [0, 0.05) is 6.54 Å². The van der Waals surface area contributed by atoms with Gasteiger partial charge in [-0.2, -0.15) is 4.99 Å². The Kier molecular flexibility index (Phi) is 5.87. The van der Waals surface area contributed by atoms with Crippen molar-refractivity contribution in [2.45, 2.75) is 0 Å². The quantitative estimate of drug-likeness (QED) is 0.396. The highest BCUT2D eigenvalue weighted by Gasteiger charge is 2.33. The number of amidine groups is 1. The number of methoxy groups -OCH3 is 2. The van der Waals surface area contributed by atoms with Crippen LogP contribution in [0.2, 0.25) is 0 Å². The molecule has 0 atom stereocenters. The number of aliphatic imine (C=N–C) groups is 1. The summed E-state index contributed by atoms with van der Waals surface area (Å²) in [6.45, 7) is 4.14. The van der Waals surface area contributed by atoms with E-state index in [0.29, 0.717) is 33.2 Å². The van der Waals surface area contributed by atoms with Gasteiger partial charge in [0.2, 0.25) is 5.13 Å². The number of para-hydroxylation sites is 1. The van der Waals surface area contributed by atoms with Crippen LogP contribution in [0.1, 0.15) is 5.56 Å². The summed E-state index contributed by atoms with van der Waals surface area (Å²) in [7, 11) is 3.17. The van der Waals surface area contributed by atoms with E-state index in [9.17, 15) is 4.79 Å². The van der Waals surface area contributed by atoms with Crippen LogP contribution in [0.3, 0.4) is 0 Å². The first-order valence-electron chi connectivity index (χ1n) is 9.11. The first-order valence-corrected chi connectivity index (χ1v) is 10.7. The van der Waals surface area contributed by atoms with Crippen LogP contribution in [0.25, 0.3) is 16.3 Å². The zero-order valence-corrected chi connectivity index (χ0v) is 18.1. The normalized spacial score (nSPS) is 16.6. The molecule has 3 aromatic rings. The maximum absolute atomic E-state index is 13.0. The minimum atomic E-state index is -0.116. The predicted octanol–water partition coefficient (Wildman–Crippen LogP) is 5.10. The second-order valence-corrected chi connectivity index (χ2v) is 8.31. The van der Waals surface area contributed by atoms with E-state index < -0.39 is 0 Å². The molecule has 8 heteroatoms. The zero-order valence-electron chi connectivity index (χ0n) is 16.5. The predicted molar refractivity (Wildman–Crippen MR) is 124 cm³/mol. The summed E-state index contributed by atoms with van der Waals surface area (Å²) in [5.41, 5.74) is 1.73. The van der Waals surface area contributed by atoms with Gasteiger partial charge in [-0.25, -0.2) is 4.98 Å². The lowest BCUT2D eigenvalue weighted by molar-refractivity contribution is -0.121. The minimum absolute atomic E-state index is 0.116. The highest BCUT2D eigenvalue weighted by atomic mass is 32.2. The molecule has 4 rings (SSSR count). The Balaban J connectivity index is 1.68. The number of ether oxygens (including phenoxy) is 2. The van der Waals surface area contributed by atoms with E-state index >= 15 is 0 Å². The largest absolute Gasteiger partial charge is 0.493 e. The van der Waals surface area contributed by atoms with Crippen LogP contribution < -0.4 is 9.47 Å². The number of benzene rings is 2. The van der Waals surface area contributed by atoms with E-state index in [1.165, 1.54) is 23.1 Å². The van der Waals surface area contributed by atoms with Gasteiger partial charge in [-0.15, -0.1) is 6.58 Å². The van der Waals surface area contributed by atoms with Gasteiger partial charge >= 0.3 is 0 Å². The first-order chi connectivity index (χ1) is 14.6. The molecule has 0 spiro atoms. The molecular weight excluding hydrogens is 418 g/mol. The Labute approximate surface area is 182 Å². The maximum atomic E-state index is 13.0. The minimum Gasteiger partial charge on any atom is -0.493 e. The Morgan fingerprint density at radius 3 is 2.70 bits per heavy atom. The maximum Gasteiger partial charge on any atom is 0.267 e. The number of thiazole rings is 1. The number of nitrogens with zero attached hydrogens (tertiary/aromatic N) is 3. The number of thioether (sulfide) groups is 1. The standard InChI is InChI=1S/C22H19N3O3S2/c1-4-11-25-20(26)19(13-14-9-10-16(27-2)17(12-14)28-3)30-22(25)24-21-23-15-7-5-6-8-18(15)29-21/h4-10,12-13H,1,11H2,2-3H3/b19-13-,24-22+. The third-order valence-electron chi connectivity index (χ3n) is 4.38. The summed E-state index contributed by atoms with van der Waals surface area (Å²) in [4.78, 5) is 24.4. The Bertz CT molecular complexity index is 1150. The molecule has 0 unspecified atom stereocenters. The van der Waals surface area contributed by atoms with Crippen LogP contribution in [0, 0.1) is 0 Å². The van der Waals surface area contributed by atoms with Crippen LogP contribution in [0.15, 0.2) is 65.0 Å². The summed E-state index contributed by atoms with van der Waals surface area (Å²) >= 11 is 2.82. The summed E-state index contributed by atoms with van der Waals surface area (Å²) in [6, 6.07) is 13.4. The van der Waals surface area contributed by atoms with Gasteiger partial charge in [0.25, 0.3) is 5.91 Å². The number of rotatable bonds is 6. The monoisotopic (exact) mass is 437 g/mol. The lowest BCUT2D eigenvalue weighted by Crippen LogP contribution is -2.29. The van der Waals surface area contributed by atoms with Crippen molar-refractivity contribution in [2.24, 2.45) is 4.99 Å². The lowest BCUT2D eigenvalue weighted by Gasteiger charge is -2.11. The van der Waals surface area contributed by atoms with Gasteiger partial charge < -0.3 is 9.47 Å². The van der Waals surface area contributed by atoms with Crippen LogP contribution in [0.4, 0.5) is 5.13 Å². The van der Waals surface area contributed by atoms with Crippen LogP contribution in [-0.2, 0) is 4.79 Å². The van der Waals surface area contributed by atoms with Crippen molar-refractivity contribution in [3.8, 4) is 11.5 Å². The molecule has 30 heavy (non-hydrogen) atoms. The van der Waals surface area contributed by atoms with Crippen molar-refractivity contribution in [3.63, 3.8) is 0 Å². The fraction of sp³-hybridized carbons (Fsp3) is 0.136. The molecule has 0 radical (unpaired) electrons. The summed E-state index contributed by atoms with van der Waals surface area (Å²) in [6.07, 6.45) is 3.51. The van der Waals surface area contributed by atoms with Crippen LogP contribution in [-0.4, -0.2) is 41.7 Å². The molecule has 6 nitrogen and oxygen atoms in total. The summed E-state index contributed by atoms with van der Waals surface area (Å²) < 4.78 is 11.7. The van der Waals surface area contributed by atoms with E-state index in [1.54, 1.807) is 25.2 Å². The molecule has 1 aromatic heterocycles. The molecule has 2 heterocycles. The second kappa shape index (κ2) is 8.73. The molecule has 152 valence electrons. The molecule has 1 aliphatic rings. The SMILES string of the molecule is C=CCN1C(=O)/C(=C/c2ccc(OC)c(OC)c2)S/C1=N/c1nc2ccccc2s1. The van der Waals surface area contributed by atoms with Crippen molar-refractivity contribution in [1.29, 1.82) is 0 Å². The van der Waals surface area contributed by atoms with E-state index in [0.717, 1.165) is 15.8 Å². The average molecular weight is 438 g/mol. The molecule has 0 saturated carbocycles. The van der Waals surface area contributed by atoms with Gasteiger partial charge in [-0.05, 0) is 47.7 Å². The number of carbonyl (C=O) groups excluding carboxylic acids is 1.